The third-order valence-electron chi connectivity index (χ3n) is 7.94. The van der Waals surface area contributed by atoms with Gasteiger partial charge in [-0.3, -0.25) is 4.57 Å². The monoisotopic (exact) mass is 512 g/mol. The van der Waals surface area contributed by atoms with Crippen LogP contribution in [0.3, 0.4) is 0 Å². The lowest BCUT2D eigenvalue weighted by molar-refractivity contribution is 1.07. The van der Waals surface area contributed by atoms with Crippen molar-refractivity contribution < 1.29 is 0 Å². The molecule has 0 amide bonds. The molecule has 4 aromatic heterocycles. The van der Waals surface area contributed by atoms with Crippen LogP contribution in [0.2, 0.25) is 0 Å². The molecule has 0 aliphatic rings. The Labute approximate surface area is 227 Å². The van der Waals surface area contributed by atoms with E-state index < -0.39 is 0 Å². The molecular weight excluding hydrogens is 492 g/mol. The molecule has 0 saturated heterocycles. The number of benzene rings is 5. The second-order valence-electron chi connectivity index (χ2n) is 9.99. The maximum Gasteiger partial charge on any atom is 0.149 e. The fourth-order valence-corrected chi connectivity index (χ4v) is 6.39. The normalized spacial score (nSPS) is 12.0. The van der Waals surface area contributed by atoms with Crippen molar-refractivity contribution in [3.8, 4) is 11.5 Å². The summed E-state index contributed by atoms with van der Waals surface area (Å²) in [6.07, 6.45) is 5.26. The predicted octanol–water partition coefficient (Wildman–Crippen LogP) is 7.77. The molecule has 4 heterocycles. The van der Waals surface area contributed by atoms with Gasteiger partial charge in [-0.1, -0.05) is 66.7 Å². The molecule has 40 heavy (non-hydrogen) atoms. The van der Waals surface area contributed by atoms with Gasteiger partial charge in [0, 0.05) is 44.2 Å². The third-order valence-corrected chi connectivity index (χ3v) is 7.94. The summed E-state index contributed by atoms with van der Waals surface area (Å²) in [6, 6.07) is 35.9. The second-order valence-corrected chi connectivity index (χ2v) is 9.99. The molecule has 0 fully saturated rings. The van der Waals surface area contributed by atoms with Crippen molar-refractivity contribution in [1.29, 1.82) is 0 Å². The van der Waals surface area contributed by atoms with Gasteiger partial charge >= 0.3 is 0 Å². The molecule has 0 saturated carbocycles. The first-order valence-electron chi connectivity index (χ1n) is 13.2. The van der Waals surface area contributed by atoms with Crippen LogP contribution in [0.15, 0.2) is 122 Å². The number of hydrogen-bond donors (Lipinski definition) is 0. The van der Waals surface area contributed by atoms with E-state index in [1.807, 2.05) is 24.4 Å². The van der Waals surface area contributed by atoms with Crippen molar-refractivity contribution in [3.63, 3.8) is 0 Å². The molecule has 0 bridgehead atoms. The van der Waals surface area contributed by atoms with Crippen LogP contribution in [-0.2, 0) is 0 Å². The summed E-state index contributed by atoms with van der Waals surface area (Å²) < 4.78 is 4.68. The van der Waals surface area contributed by atoms with Crippen LogP contribution in [-0.4, -0.2) is 29.1 Å². The second kappa shape index (κ2) is 7.94. The average Bonchev–Trinajstić information content (AvgIpc) is 3.55. The highest BCUT2D eigenvalue weighted by atomic mass is 15.1. The van der Waals surface area contributed by atoms with Gasteiger partial charge in [0.25, 0.3) is 0 Å². The van der Waals surface area contributed by atoms with Gasteiger partial charge < -0.3 is 4.57 Å². The summed E-state index contributed by atoms with van der Waals surface area (Å²) in [5.74, 6) is 0.844. The Bertz CT molecular complexity index is 2430. The zero-order valence-corrected chi connectivity index (χ0v) is 21.2. The van der Waals surface area contributed by atoms with Gasteiger partial charge in [0.1, 0.15) is 18.5 Å². The molecule has 0 spiro atoms. The summed E-state index contributed by atoms with van der Waals surface area (Å²) in [4.78, 5) is 18.9. The lowest BCUT2D eigenvalue weighted by atomic mass is 10.0. The number of hydrogen-bond acceptors (Lipinski definition) is 4. The molecular formula is C34H20N6. The van der Waals surface area contributed by atoms with Crippen molar-refractivity contribution in [3.05, 3.63) is 122 Å². The Morgan fingerprint density at radius 3 is 1.95 bits per heavy atom. The van der Waals surface area contributed by atoms with Crippen LogP contribution in [0, 0.1) is 0 Å². The van der Waals surface area contributed by atoms with Crippen LogP contribution >= 0.6 is 0 Å². The molecule has 0 radical (unpaired) electrons. The zero-order valence-electron chi connectivity index (χ0n) is 21.2. The quantitative estimate of drug-likeness (QED) is 0.237. The van der Waals surface area contributed by atoms with Gasteiger partial charge in [-0.05, 0) is 36.4 Å². The number of para-hydroxylation sites is 4. The summed E-state index contributed by atoms with van der Waals surface area (Å²) in [5, 5.41) is 6.52. The minimum Gasteiger partial charge on any atom is -0.307 e. The maximum atomic E-state index is 4.90. The van der Waals surface area contributed by atoms with Crippen molar-refractivity contribution in [2.45, 2.75) is 0 Å². The van der Waals surface area contributed by atoms with E-state index >= 15 is 0 Å². The molecule has 0 N–H and O–H groups in total. The number of nitrogens with zero attached hydrogens (tertiary/aromatic N) is 6. The molecule has 6 nitrogen and oxygen atoms in total. The highest BCUT2D eigenvalue weighted by molar-refractivity contribution is 6.35. The van der Waals surface area contributed by atoms with Crippen molar-refractivity contribution >= 4 is 65.4 Å². The topological polar surface area (TPSA) is 61.4 Å². The standard InChI is InChI=1S/C34H20N6/c1-2-10-21(11-3-1)39-27-16-8-5-13-23(27)29-25-18-35-19-37-31(25)30-24-14-6-9-17-28(24)40(33(30)32(29)39)34-22-12-4-7-15-26(22)36-20-38-34/h1-20H. The van der Waals surface area contributed by atoms with Crippen molar-refractivity contribution in [2.75, 3.05) is 0 Å². The first-order chi connectivity index (χ1) is 19.9. The molecule has 0 unspecified atom stereocenters. The van der Waals surface area contributed by atoms with Crippen molar-refractivity contribution in [1.82, 2.24) is 29.1 Å². The van der Waals surface area contributed by atoms with Crippen molar-refractivity contribution in [2.24, 2.45) is 0 Å². The molecule has 6 heteroatoms. The van der Waals surface area contributed by atoms with Crippen LogP contribution in [0.5, 0.6) is 0 Å². The summed E-state index contributed by atoms with van der Waals surface area (Å²) in [7, 11) is 0. The number of fused-ring (bicyclic) bond motifs is 11. The smallest absolute Gasteiger partial charge is 0.149 e. The summed E-state index contributed by atoms with van der Waals surface area (Å²) in [6.45, 7) is 0. The van der Waals surface area contributed by atoms with Gasteiger partial charge in [-0.15, -0.1) is 0 Å². The van der Waals surface area contributed by atoms with Crippen LogP contribution in [0.25, 0.3) is 76.9 Å². The maximum absolute atomic E-state index is 4.90. The predicted molar refractivity (Wildman–Crippen MR) is 161 cm³/mol. The Morgan fingerprint density at radius 2 is 1.12 bits per heavy atom. The van der Waals surface area contributed by atoms with E-state index in [4.69, 9.17) is 9.97 Å². The van der Waals surface area contributed by atoms with Crippen LogP contribution < -0.4 is 0 Å². The largest absolute Gasteiger partial charge is 0.307 e. The van der Waals surface area contributed by atoms with E-state index in [0.717, 1.165) is 76.9 Å². The molecule has 0 aliphatic heterocycles. The molecule has 9 aromatic rings. The summed E-state index contributed by atoms with van der Waals surface area (Å²) in [5.41, 5.74) is 7.29. The Balaban J connectivity index is 1.67. The van der Waals surface area contributed by atoms with E-state index in [0.29, 0.717) is 0 Å². The fraction of sp³-hybridized carbons (Fsp3) is 0. The Hall–Kier alpha value is -5.62. The van der Waals surface area contributed by atoms with E-state index in [1.54, 1.807) is 12.7 Å². The van der Waals surface area contributed by atoms with E-state index in [1.165, 1.54) is 0 Å². The molecule has 5 aromatic carbocycles. The minimum absolute atomic E-state index is 0.844. The van der Waals surface area contributed by atoms with Gasteiger partial charge in [0.15, 0.2) is 0 Å². The Kier molecular flexibility index (Phi) is 4.24. The zero-order chi connectivity index (χ0) is 26.2. The third kappa shape index (κ3) is 2.71. The first-order valence-corrected chi connectivity index (χ1v) is 13.2. The highest BCUT2D eigenvalue weighted by Crippen LogP contribution is 2.46. The van der Waals surface area contributed by atoms with Crippen LogP contribution in [0.4, 0.5) is 0 Å². The van der Waals surface area contributed by atoms with Gasteiger partial charge in [-0.25, -0.2) is 19.9 Å². The van der Waals surface area contributed by atoms with Gasteiger partial charge in [0.2, 0.25) is 0 Å². The lowest BCUT2D eigenvalue weighted by Gasteiger charge is -2.14. The fourth-order valence-electron chi connectivity index (χ4n) is 6.39. The lowest BCUT2D eigenvalue weighted by Crippen LogP contribution is -2.02. The molecule has 0 aliphatic carbocycles. The molecule has 9 rings (SSSR count). The van der Waals surface area contributed by atoms with Gasteiger partial charge in [0.05, 0.1) is 33.1 Å². The number of aromatic nitrogens is 6. The Morgan fingerprint density at radius 1 is 0.475 bits per heavy atom. The summed E-state index contributed by atoms with van der Waals surface area (Å²) >= 11 is 0. The van der Waals surface area contributed by atoms with E-state index in [9.17, 15) is 0 Å². The highest BCUT2D eigenvalue weighted by Gasteiger charge is 2.26. The number of rotatable bonds is 2. The SMILES string of the molecule is c1ccc(-n2c3ccccc3c3c4cncnc4c4c5ccccc5n(-c5ncnc6ccccc56)c4c32)cc1. The van der Waals surface area contributed by atoms with Crippen LogP contribution in [0.1, 0.15) is 0 Å². The molecule has 186 valence electrons. The minimum atomic E-state index is 0.844. The molecule has 0 atom stereocenters. The first kappa shape index (κ1) is 21.3. The average molecular weight is 513 g/mol. The van der Waals surface area contributed by atoms with E-state index in [2.05, 4.69) is 104 Å². The van der Waals surface area contributed by atoms with E-state index in [-0.39, 0.29) is 0 Å². The van der Waals surface area contributed by atoms with Gasteiger partial charge in [-0.2, -0.15) is 0 Å².